The van der Waals surface area contributed by atoms with Crippen molar-refractivity contribution in [1.29, 1.82) is 0 Å². The minimum Gasteiger partial charge on any atom is -0.462 e. The van der Waals surface area contributed by atoms with Gasteiger partial charge in [-0.2, -0.15) is 0 Å². The van der Waals surface area contributed by atoms with E-state index in [0.29, 0.717) is 16.5 Å². The Morgan fingerprint density at radius 3 is 2.50 bits per heavy atom. The molecule has 1 aromatic rings. The van der Waals surface area contributed by atoms with Crippen LogP contribution in [0.3, 0.4) is 0 Å². The molecular weight excluding hydrogens is 354 g/mol. The lowest BCUT2D eigenvalue weighted by Crippen LogP contribution is -2.26. The first-order chi connectivity index (χ1) is 12.6. The van der Waals surface area contributed by atoms with Crippen LogP contribution in [0.15, 0.2) is 5.38 Å². The number of hydrogen-bond donors (Lipinski definition) is 1. The Labute approximate surface area is 157 Å². The highest BCUT2D eigenvalue weighted by Crippen LogP contribution is 2.46. The van der Waals surface area contributed by atoms with Crippen LogP contribution in [-0.2, 0) is 19.1 Å². The quantitative estimate of drug-likeness (QED) is 0.728. The van der Waals surface area contributed by atoms with E-state index in [1.54, 1.807) is 6.92 Å². The maximum atomic E-state index is 12.3. The summed E-state index contributed by atoms with van der Waals surface area (Å²) in [5, 5.41) is 5.10. The Bertz CT molecular complexity index is 673. The number of nitrogens with one attached hydrogen (secondary N) is 1. The number of anilines is 1. The van der Waals surface area contributed by atoms with Gasteiger partial charge in [0.15, 0.2) is 6.61 Å². The lowest BCUT2D eigenvalue weighted by molar-refractivity contribution is -0.152. The van der Waals surface area contributed by atoms with Gasteiger partial charge in [-0.3, -0.25) is 9.59 Å². The Kier molecular flexibility index (Phi) is 6.29. The summed E-state index contributed by atoms with van der Waals surface area (Å²) >= 11 is 1.32. The molecule has 2 aliphatic rings. The summed E-state index contributed by atoms with van der Waals surface area (Å²) in [5.41, 5.74) is 1.40. The molecule has 2 saturated carbocycles. The Balaban J connectivity index is 1.58. The number of hydrogen-bond acceptors (Lipinski definition) is 6. The van der Waals surface area contributed by atoms with E-state index in [4.69, 9.17) is 9.47 Å². The van der Waals surface area contributed by atoms with E-state index in [0.717, 1.165) is 50.5 Å². The van der Waals surface area contributed by atoms with Crippen molar-refractivity contribution in [2.45, 2.75) is 57.8 Å². The van der Waals surface area contributed by atoms with E-state index < -0.39 is 11.9 Å². The van der Waals surface area contributed by atoms with E-state index in [1.165, 1.54) is 11.3 Å². The van der Waals surface area contributed by atoms with Gasteiger partial charge in [0.1, 0.15) is 5.00 Å². The fourth-order valence-corrected chi connectivity index (χ4v) is 4.37. The predicted molar refractivity (Wildman–Crippen MR) is 98.4 cm³/mol. The van der Waals surface area contributed by atoms with E-state index in [-0.39, 0.29) is 25.1 Å². The SMILES string of the molecule is CCOC(=O)c1c(C2CC2)csc1NC(=O)COC(=O)C1CCCCC1. The number of carbonyl (C=O) groups is 3. The molecule has 0 atom stereocenters. The van der Waals surface area contributed by atoms with E-state index in [2.05, 4.69) is 5.32 Å². The van der Waals surface area contributed by atoms with Crippen molar-refractivity contribution in [2.24, 2.45) is 5.92 Å². The predicted octanol–water partition coefficient (Wildman–Crippen LogP) is 3.86. The molecule has 0 saturated heterocycles. The molecule has 7 heteroatoms. The van der Waals surface area contributed by atoms with Crippen molar-refractivity contribution in [2.75, 3.05) is 18.5 Å². The highest BCUT2D eigenvalue weighted by molar-refractivity contribution is 7.15. The molecule has 26 heavy (non-hydrogen) atoms. The molecule has 0 unspecified atom stereocenters. The van der Waals surface area contributed by atoms with Crippen LogP contribution in [0, 0.1) is 5.92 Å². The zero-order valence-corrected chi connectivity index (χ0v) is 15.9. The molecule has 142 valence electrons. The molecule has 1 aromatic heterocycles. The van der Waals surface area contributed by atoms with Crippen molar-refractivity contribution in [3.63, 3.8) is 0 Å². The second kappa shape index (κ2) is 8.66. The summed E-state index contributed by atoms with van der Waals surface area (Å²) in [5.74, 6) is -0.848. The normalized spacial score (nSPS) is 17.6. The van der Waals surface area contributed by atoms with Crippen LogP contribution >= 0.6 is 11.3 Å². The molecule has 1 amide bonds. The molecule has 3 rings (SSSR count). The third-order valence-electron chi connectivity index (χ3n) is 4.85. The summed E-state index contributed by atoms with van der Waals surface area (Å²) < 4.78 is 10.3. The van der Waals surface area contributed by atoms with Crippen molar-refractivity contribution >= 4 is 34.2 Å². The standard InChI is InChI=1S/C19H25NO5S/c1-2-24-19(23)16-14(12-8-9-12)11-26-17(16)20-15(21)10-25-18(22)13-6-4-3-5-7-13/h11-13H,2-10H2,1H3,(H,20,21). The fraction of sp³-hybridized carbons (Fsp3) is 0.632. The largest absolute Gasteiger partial charge is 0.462 e. The van der Waals surface area contributed by atoms with Crippen molar-refractivity contribution < 1.29 is 23.9 Å². The molecule has 1 heterocycles. The molecule has 0 spiro atoms. The fourth-order valence-electron chi connectivity index (χ4n) is 3.33. The lowest BCUT2D eigenvalue weighted by Gasteiger charge is -2.19. The first-order valence-electron chi connectivity index (χ1n) is 9.35. The number of ether oxygens (including phenoxy) is 2. The summed E-state index contributed by atoms with van der Waals surface area (Å²) in [6.45, 7) is 1.71. The van der Waals surface area contributed by atoms with E-state index in [1.807, 2.05) is 5.38 Å². The smallest absolute Gasteiger partial charge is 0.341 e. The summed E-state index contributed by atoms with van der Waals surface area (Å²) in [6, 6.07) is 0. The van der Waals surface area contributed by atoms with Gasteiger partial charge in [-0.05, 0) is 49.5 Å². The van der Waals surface area contributed by atoms with Crippen molar-refractivity contribution in [1.82, 2.24) is 0 Å². The zero-order chi connectivity index (χ0) is 18.5. The van der Waals surface area contributed by atoms with E-state index in [9.17, 15) is 14.4 Å². The van der Waals surface area contributed by atoms with Gasteiger partial charge in [0.2, 0.25) is 0 Å². The Morgan fingerprint density at radius 2 is 1.85 bits per heavy atom. The molecule has 0 aromatic carbocycles. The zero-order valence-electron chi connectivity index (χ0n) is 15.0. The molecule has 1 N–H and O–H groups in total. The number of rotatable bonds is 7. The van der Waals surface area contributed by atoms with Gasteiger partial charge < -0.3 is 14.8 Å². The molecule has 0 bridgehead atoms. The maximum Gasteiger partial charge on any atom is 0.341 e. The van der Waals surface area contributed by atoms with Gasteiger partial charge in [0.25, 0.3) is 5.91 Å². The van der Waals surface area contributed by atoms with Crippen LogP contribution in [0.5, 0.6) is 0 Å². The third-order valence-corrected chi connectivity index (χ3v) is 5.77. The minimum atomic E-state index is -0.427. The van der Waals surface area contributed by atoms with Crippen molar-refractivity contribution in [3.8, 4) is 0 Å². The molecule has 6 nitrogen and oxygen atoms in total. The van der Waals surface area contributed by atoms with E-state index >= 15 is 0 Å². The molecule has 0 aliphatic heterocycles. The van der Waals surface area contributed by atoms with Crippen LogP contribution in [0.25, 0.3) is 0 Å². The highest BCUT2D eigenvalue weighted by Gasteiger charge is 2.32. The second-order valence-corrected chi connectivity index (χ2v) is 7.76. The molecule has 2 aliphatic carbocycles. The lowest BCUT2D eigenvalue weighted by atomic mass is 9.89. The monoisotopic (exact) mass is 379 g/mol. The van der Waals surface area contributed by atoms with Crippen molar-refractivity contribution in [3.05, 3.63) is 16.5 Å². The molecule has 2 fully saturated rings. The average Bonchev–Trinajstić information content (AvgIpc) is 3.41. The van der Waals surface area contributed by atoms with Gasteiger partial charge >= 0.3 is 11.9 Å². The van der Waals surface area contributed by atoms with Gasteiger partial charge in [-0.25, -0.2) is 4.79 Å². The number of carbonyl (C=O) groups excluding carboxylic acids is 3. The van der Waals surface area contributed by atoms with Gasteiger partial charge in [-0.1, -0.05) is 19.3 Å². The van der Waals surface area contributed by atoms with Crippen LogP contribution < -0.4 is 5.32 Å². The summed E-state index contributed by atoms with van der Waals surface area (Å²) in [4.78, 5) is 36.5. The Morgan fingerprint density at radius 1 is 1.12 bits per heavy atom. The minimum absolute atomic E-state index is 0.0881. The van der Waals surface area contributed by atoms with Gasteiger partial charge in [-0.15, -0.1) is 11.3 Å². The molecular formula is C19H25NO5S. The summed E-state index contributed by atoms with van der Waals surface area (Å²) in [6.07, 6.45) is 7.00. The number of amides is 1. The third kappa shape index (κ3) is 4.63. The molecule has 0 radical (unpaired) electrons. The maximum absolute atomic E-state index is 12.3. The van der Waals surface area contributed by atoms with Gasteiger partial charge in [0, 0.05) is 0 Å². The van der Waals surface area contributed by atoms with Crippen LogP contribution in [0.2, 0.25) is 0 Å². The topological polar surface area (TPSA) is 81.7 Å². The van der Waals surface area contributed by atoms with Gasteiger partial charge in [0.05, 0.1) is 18.1 Å². The second-order valence-electron chi connectivity index (χ2n) is 6.88. The van der Waals surface area contributed by atoms with Crippen LogP contribution in [0.1, 0.15) is 73.7 Å². The first-order valence-corrected chi connectivity index (χ1v) is 10.2. The average molecular weight is 379 g/mol. The highest BCUT2D eigenvalue weighted by atomic mass is 32.1. The Hall–Kier alpha value is -1.89. The van der Waals surface area contributed by atoms with Crippen LogP contribution in [0.4, 0.5) is 5.00 Å². The number of esters is 2. The number of thiophene rings is 1. The van der Waals surface area contributed by atoms with Crippen LogP contribution in [-0.4, -0.2) is 31.1 Å². The summed E-state index contributed by atoms with van der Waals surface area (Å²) in [7, 11) is 0. The first kappa shape index (κ1) is 18.9.